The van der Waals surface area contributed by atoms with Gasteiger partial charge in [0.05, 0.1) is 14.2 Å². The fraction of sp³-hybridized carbons (Fsp3) is 0.333. The van der Waals surface area contributed by atoms with Gasteiger partial charge in [-0.15, -0.1) is 0 Å². The zero-order valence-corrected chi connectivity index (χ0v) is 13.2. The number of aryl methyl sites for hydroxylation is 1. The molecule has 0 bridgehead atoms. The van der Waals surface area contributed by atoms with Crippen LogP contribution in [-0.4, -0.2) is 20.8 Å². The average Bonchev–Trinajstić information content (AvgIpc) is 2.52. The number of methoxy groups -OCH3 is 2. The Bertz CT molecular complexity index is 608. The highest BCUT2D eigenvalue weighted by Crippen LogP contribution is 2.34. The van der Waals surface area contributed by atoms with Gasteiger partial charge in [-0.1, -0.05) is 24.6 Å². The van der Waals surface area contributed by atoms with Gasteiger partial charge >= 0.3 is 0 Å². The second-order valence-corrected chi connectivity index (χ2v) is 5.01. The van der Waals surface area contributed by atoms with Crippen LogP contribution in [0.1, 0.15) is 18.1 Å². The molecule has 2 rings (SSSR count). The molecule has 21 heavy (non-hydrogen) atoms. The van der Waals surface area contributed by atoms with Crippen molar-refractivity contribution >= 4 is 0 Å². The molecule has 0 fully saturated rings. The number of rotatable bonds is 6. The maximum Gasteiger partial charge on any atom is 0.126 e. The van der Waals surface area contributed by atoms with Gasteiger partial charge < -0.3 is 14.8 Å². The predicted octanol–water partition coefficient (Wildman–Crippen LogP) is 3.79. The highest BCUT2D eigenvalue weighted by molar-refractivity contribution is 5.74. The first-order valence-corrected chi connectivity index (χ1v) is 7.22. The molecule has 3 heteroatoms. The smallest absolute Gasteiger partial charge is 0.126 e. The fourth-order valence-corrected chi connectivity index (χ4v) is 2.40. The van der Waals surface area contributed by atoms with Crippen LogP contribution >= 0.6 is 0 Å². The minimum Gasteiger partial charge on any atom is -0.497 e. The Morgan fingerprint density at radius 2 is 1.76 bits per heavy atom. The van der Waals surface area contributed by atoms with Gasteiger partial charge in [0.15, 0.2) is 0 Å². The molecule has 1 N–H and O–H groups in total. The van der Waals surface area contributed by atoms with Crippen molar-refractivity contribution in [3.63, 3.8) is 0 Å². The molecule has 0 aliphatic heterocycles. The van der Waals surface area contributed by atoms with Gasteiger partial charge in [-0.25, -0.2) is 0 Å². The van der Waals surface area contributed by atoms with Crippen LogP contribution < -0.4 is 14.8 Å². The standard InChI is InChI=1S/C18H23NO2/c1-5-19-12-14-11-15(20-3)7-8-16(14)17-10-13(2)6-9-18(17)21-4/h6-11,19H,5,12H2,1-4H3. The van der Waals surface area contributed by atoms with Crippen molar-refractivity contribution in [2.45, 2.75) is 20.4 Å². The Morgan fingerprint density at radius 3 is 2.43 bits per heavy atom. The number of ether oxygens (including phenoxy) is 2. The molecule has 0 saturated heterocycles. The summed E-state index contributed by atoms with van der Waals surface area (Å²) in [4.78, 5) is 0. The lowest BCUT2D eigenvalue weighted by Crippen LogP contribution is -2.12. The van der Waals surface area contributed by atoms with E-state index in [1.807, 2.05) is 12.1 Å². The molecule has 0 atom stereocenters. The van der Waals surface area contributed by atoms with E-state index in [9.17, 15) is 0 Å². The normalized spacial score (nSPS) is 10.5. The van der Waals surface area contributed by atoms with Gasteiger partial charge in [0, 0.05) is 12.1 Å². The van der Waals surface area contributed by atoms with Crippen LogP contribution in [0.15, 0.2) is 36.4 Å². The van der Waals surface area contributed by atoms with E-state index < -0.39 is 0 Å². The molecular weight excluding hydrogens is 262 g/mol. The van der Waals surface area contributed by atoms with Gasteiger partial charge in [0.2, 0.25) is 0 Å². The van der Waals surface area contributed by atoms with Gasteiger partial charge in [-0.05, 0) is 48.9 Å². The second kappa shape index (κ2) is 7.14. The van der Waals surface area contributed by atoms with Crippen molar-refractivity contribution in [3.05, 3.63) is 47.5 Å². The quantitative estimate of drug-likeness (QED) is 0.876. The molecule has 0 radical (unpaired) electrons. The van der Waals surface area contributed by atoms with E-state index in [2.05, 4.69) is 43.4 Å². The molecular formula is C18H23NO2. The van der Waals surface area contributed by atoms with Crippen molar-refractivity contribution in [2.75, 3.05) is 20.8 Å². The molecule has 0 saturated carbocycles. The molecule has 0 heterocycles. The summed E-state index contributed by atoms with van der Waals surface area (Å²) in [5.74, 6) is 1.77. The molecule has 0 aromatic heterocycles. The Labute approximate surface area is 126 Å². The summed E-state index contributed by atoms with van der Waals surface area (Å²) in [7, 11) is 3.40. The Hall–Kier alpha value is -2.00. The summed E-state index contributed by atoms with van der Waals surface area (Å²) in [5, 5.41) is 3.38. The molecule has 0 unspecified atom stereocenters. The van der Waals surface area contributed by atoms with Crippen molar-refractivity contribution in [1.82, 2.24) is 5.32 Å². The van der Waals surface area contributed by atoms with Crippen LogP contribution in [0.5, 0.6) is 11.5 Å². The van der Waals surface area contributed by atoms with Gasteiger partial charge in [0.1, 0.15) is 11.5 Å². The summed E-state index contributed by atoms with van der Waals surface area (Å²) in [6.07, 6.45) is 0. The zero-order valence-electron chi connectivity index (χ0n) is 13.2. The highest BCUT2D eigenvalue weighted by atomic mass is 16.5. The third-order valence-electron chi connectivity index (χ3n) is 3.52. The Morgan fingerprint density at radius 1 is 0.952 bits per heavy atom. The number of hydrogen-bond donors (Lipinski definition) is 1. The lowest BCUT2D eigenvalue weighted by molar-refractivity contribution is 0.413. The molecule has 3 nitrogen and oxygen atoms in total. The monoisotopic (exact) mass is 285 g/mol. The van der Waals surface area contributed by atoms with E-state index in [-0.39, 0.29) is 0 Å². The molecule has 2 aromatic rings. The third kappa shape index (κ3) is 3.56. The lowest BCUT2D eigenvalue weighted by atomic mass is 9.97. The topological polar surface area (TPSA) is 30.5 Å². The molecule has 0 amide bonds. The van der Waals surface area contributed by atoms with E-state index in [0.29, 0.717) is 0 Å². The summed E-state index contributed by atoms with van der Waals surface area (Å²) < 4.78 is 10.9. The van der Waals surface area contributed by atoms with Crippen LogP contribution in [-0.2, 0) is 6.54 Å². The van der Waals surface area contributed by atoms with E-state index >= 15 is 0 Å². The first-order chi connectivity index (χ1) is 10.2. The molecule has 0 aliphatic carbocycles. The molecule has 0 spiro atoms. The SMILES string of the molecule is CCNCc1cc(OC)ccc1-c1cc(C)ccc1OC. The minimum absolute atomic E-state index is 0.806. The molecule has 0 aliphatic rings. The number of hydrogen-bond acceptors (Lipinski definition) is 3. The van der Waals surface area contributed by atoms with Gasteiger partial charge in [-0.3, -0.25) is 0 Å². The highest BCUT2D eigenvalue weighted by Gasteiger charge is 2.11. The maximum atomic E-state index is 5.52. The van der Waals surface area contributed by atoms with Crippen LogP contribution in [0.2, 0.25) is 0 Å². The van der Waals surface area contributed by atoms with Crippen LogP contribution in [0.3, 0.4) is 0 Å². The van der Waals surface area contributed by atoms with Gasteiger partial charge in [0.25, 0.3) is 0 Å². The van der Waals surface area contributed by atoms with Crippen molar-refractivity contribution < 1.29 is 9.47 Å². The van der Waals surface area contributed by atoms with E-state index in [1.54, 1.807) is 14.2 Å². The van der Waals surface area contributed by atoms with Crippen molar-refractivity contribution in [3.8, 4) is 22.6 Å². The largest absolute Gasteiger partial charge is 0.497 e. The zero-order chi connectivity index (χ0) is 15.2. The number of benzene rings is 2. The van der Waals surface area contributed by atoms with Crippen LogP contribution in [0.4, 0.5) is 0 Å². The van der Waals surface area contributed by atoms with Crippen molar-refractivity contribution in [1.29, 1.82) is 0 Å². The Kier molecular flexibility index (Phi) is 5.23. The maximum absolute atomic E-state index is 5.52. The number of nitrogens with one attached hydrogen (secondary N) is 1. The summed E-state index contributed by atoms with van der Waals surface area (Å²) in [5.41, 5.74) is 4.72. The predicted molar refractivity (Wildman–Crippen MR) is 87.1 cm³/mol. The first kappa shape index (κ1) is 15.4. The molecule has 2 aromatic carbocycles. The van der Waals surface area contributed by atoms with E-state index in [0.717, 1.165) is 30.2 Å². The van der Waals surface area contributed by atoms with Crippen LogP contribution in [0.25, 0.3) is 11.1 Å². The van der Waals surface area contributed by atoms with Gasteiger partial charge in [-0.2, -0.15) is 0 Å². The summed E-state index contributed by atoms with van der Waals surface area (Å²) >= 11 is 0. The average molecular weight is 285 g/mol. The van der Waals surface area contributed by atoms with E-state index in [1.165, 1.54) is 16.7 Å². The fourth-order valence-electron chi connectivity index (χ4n) is 2.40. The summed E-state index contributed by atoms with van der Waals surface area (Å²) in [6, 6.07) is 12.4. The molecule has 112 valence electrons. The van der Waals surface area contributed by atoms with Crippen molar-refractivity contribution in [2.24, 2.45) is 0 Å². The lowest BCUT2D eigenvalue weighted by Gasteiger charge is -2.15. The minimum atomic E-state index is 0.806. The van der Waals surface area contributed by atoms with Crippen LogP contribution in [0, 0.1) is 6.92 Å². The third-order valence-corrected chi connectivity index (χ3v) is 3.52. The Balaban J connectivity index is 2.53. The second-order valence-electron chi connectivity index (χ2n) is 5.01. The first-order valence-electron chi connectivity index (χ1n) is 7.22. The van der Waals surface area contributed by atoms with E-state index in [4.69, 9.17) is 9.47 Å². The summed E-state index contributed by atoms with van der Waals surface area (Å²) in [6.45, 7) is 5.94.